The highest BCUT2D eigenvalue weighted by Crippen LogP contribution is 2.07. The molecule has 0 aromatic carbocycles. The third-order valence-corrected chi connectivity index (χ3v) is 3.50. The predicted molar refractivity (Wildman–Crippen MR) is 87.5 cm³/mol. The van der Waals surface area contributed by atoms with Crippen molar-refractivity contribution in [2.45, 2.75) is 26.8 Å². The van der Waals surface area contributed by atoms with Gasteiger partial charge in [0.05, 0.1) is 6.61 Å². The van der Waals surface area contributed by atoms with E-state index in [1.54, 1.807) is 6.20 Å². The highest BCUT2D eigenvalue weighted by atomic mass is 16.5. The summed E-state index contributed by atoms with van der Waals surface area (Å²) >= 11 is 0. The zero-order chi connectivity index (χ0) is 15.5. The van der Waals surface area contributed by atoms with E-state index < -0.39 is 0 Å². The van der Waals surface area contributed by atoms with Crippen molar-refractivity contribution in [3.05, 3.63) is 23.9 Å². The number of nitrogens with zero attached hydrogens (tertiary/aromatic N) is 3. The first-order valence-corrected chi connectivity index (χ1v) is 7.96. The Labute approximate surface area is 129 Å². The van der Waals surface area contributed by atoms with E-state index >= 15 is 0 Å². The van der Waals surface area contributed by atoms with Crippen molar-refractivity contribution in [1.29, 1.82) is 0 Å². The molecule has 0 unspecified atom stereocenters. The summed E-state index contributed by atoms with van der Waals surface area (Å²) in [7, 11) is 2.18. The Morgan fingerprint density at radius 1 is 1.19 bits per heavy atom. The number of hydrogen-bond donors (Lipinski definition) is 1. The van der Waals surface area contributed by atoms with Crippen LogP contribution in [0.4, 0.5) is 0 Å². The number of likely N-dealkylation sites (N-methyl/N-ethyl adjacent to an activating group) is 1. The molecule has 21 heavy (non-hydrogen) atoms. The molecule has 5 nitrogen and oxygen atoms in total. The van der Waals surface area contributed by atoms with Gasteiger partial charge in [0.2, 0.25) is 5.88 Å². The highest BCUT2D eigenvalue weighted by Gasteiger charge is 2.12. The van der Waals surface area contributed by atoms with Gasteiger partial charge in [-0.25, -0.2) is 4.98 Å². The summed E-state index contributed by atoms with van der Waals surface area (Å²) in [4.78, 5) is 9.09. The van der Waals surface area contributed by atoms with Crippen LogP contribution in [0.15, 0.2) is 18.3 Å². The van der Waals surface area contributed by atoms with E-state index in [2.05, 4.69) is 21.8 Å². The molecule has 0 radical (unpaired) electrons. The maximum atomic E-state index is 5.63. The van der Waals surface area contributed by atoms with E-state index in [-0.39, 0.29) is 0 Å². The Balaban J connectivity index is 0.00000106. The molecular weight excluding hydrogens is 264 g/mol. The topological polar surface area (TPSA) is 54.6 Å². The standard InChI is InChI=1S/C14H24N4O.C2H6/c1-17-6-8-18(9-7-17)5-2-10-19-14-4-3-13(11-15)12-16-14;1-2/h3-4,12H,2,5-11,15H2,1H3;1-2H3. The van der Waals surface area contributed by atoms with Crippen LogP contribution in [0.5, 0.6) is 5.88 Å². The zero-order valence-corrected chi connectivity index (χ0v) is 13.7. The molecule has 0 amide bonds. The molecule has 0 saturated carbocycles. The van der Waals surface area contributed by atoms with Crippen LogP contribution in [-0.2, 0) is 6.54 Å². The molecular formula is C16H30N4O. The van der Waals surface area contributed by atoms with E-state index in [4.69, 9.17) is 10.5 Å². The van der Waals surface area contributed by atoms with E-state index in [0.29, 0.717) is 12.4 Å². The van der Waals surface area contributed by atoms with Crippen LogP contribution in [-0.4, -0.2) is 61.2 Å². The van der Waals surface area contributed by atoms with Gasteiger partial charge in [-0.2, -0.15) is 0 Å². The molecule has 2 heterocycles. The fourth-order valence-electron chi connectivity index (χ4n) is 2.15. The van der Waals surface area contributed by atoms with Crippen molar-refractivity contribution in [2.24, 2.45) is 5.73 Å². The lowest BCUT2D eigenvalue weighted by molar-refractivity contribution is 0.145. The number of piperazine rings is 1. The van der Waals surface area contributed by atoms with Gasteiger partial charge >= 0.3 is 0 Å². The van der Waals surface area contributed by atoms with Gasteiger partial charge in [-0.1, -0.05) is 19.9 Å². The minimum atomic E-state index is 0.524. The van der Waals surface area contributed by atoms with Gasteiger partial charge in [0, 0.05) is 51.5 Å². The second kappa shape index (κ2) is 10.5. The summed E-state index contributed by atoms with van der Waals surface area (Å²) in [5.74, 6) is 0.690. The predicted octanol–water partition coefficient (Wildman–Crippen LogP) is 1.58. The normalized spacial score (nSPS) is 16.2. The van der Waals surface area contributed by atoms with Gasteiger partial charge in [-0.05, 0) is 19.0 Å². The lowest BCUT2D eigenvalue weighted by Crippen LogP contribution is -2.44. The molecule has 5 heteroatoms. The molecule has 1 aromatic rings. The van der Waals surface area contributed by atoms with Crippen LogP contribution in [0.1, 0.15) is 25.8 Å². The van der Waals surface area contributed by atoms with Crippen LogP contribution >= 0.6 is 0 Å². The van der Waals surface area contributed by atoms with Gasteiger partial charge in [-0.15, -0.1) is 0 Å². The van der Waals surface area contributed by atoms with Crippen LogP contribution in [0.3, 0.4) is 0 Å². The van der Waals surface area contributed by atoms with Gasteiger partial charge in [0.1, 0.15) is 0 Å². The first-order chi connectivity index (χ1) is 10.3. The van der Waals surface area contributed by atoms with E-state index in [1.807, 2.05) is 26.0 Å². The van der Waals surface area contributed by atoms with E-state index in [9.17, 15) is 0 Å². The average molecular weight is 294 g/mol. The van der Waals surface area contributed by atoms with Gasteiger partial charge < -0.3 is 20.3 Å². The van der Waals surface area contributed by atoms with Gasteiger partial charge in [-0.3, -0.25) is 0 Å². The van der Waals surface area contributed by atoms with Crippen molar-refractivity contribution >= 4 is 0 Å². The second-order valence-electron chi connectivity index (χ2n) is 5.06. The van der Waals surface area contributed by atoms with Gasteiger partial charge in [0.25, 0.3) is 0 Å². The fourth-order valence-corrected chi connectivity index (χ4v) is 2.15. The molecule has 0 bridgehead atoms. The van der Waals surface area contributed by atoms with Gasteiger partial charge in [0.15, 0.2) is 0 Å². The molecule has 1 fully saturated rings. The number of nitrogens with two attached hydrogens (primary N) is 1. The molecule has 1 aliphatic rings. The average Bonchev–Trinajstić information content (AvgIpc) is 2.56. The first-order valence-electron chi connectivity index (χ1n) is 7.96. The number of hydrogen-bond acceptors (Lipinski definition) is 5. The lowest BCUT2D eigenvalue weighted by Gasteiger charge is -2.32. The maximum absolute atomic E-state index is 5.63. The number of rotatable bonds is 6. The molecule has 1 aliphatic heterocycles. The molecule has 0 spiro atoms. The smallest absolute Gasteiger partial charge is 0.213 e. The Bertz CT molecular complexity index is 361. The summed E-state index contributed by atoms with van der Waals surface area (Å²) in [6, 6.07) is 3.85. The van der Waals surface area contributed by atoms with Crippen molar-refractivity contribution in [1.82, 2.24) is 14.8 Å². The van der Waals surface area contributed by atoms with E-state index in [0.717, 1.165) is 25.1 Å². The molecule has 0 aliphatic carbocycles. The number of pyridine rings is 1. The summed E-state index contributed by atoms with van der Waals surface area (Å²) in [6.07, 6.45) is 2.82. The van der Waals surface area contributed by atoms with Crippen molar-refractivity contribution in [3.63, 3.8) is 0 Å². The van der Waals surface area contributed by atoms with Crippen molar-refractivity contribution in [3.8, 4) is 5.88 Å². The van der Waals surface area contributed by atoms with Crippen molar-refractivity contribution in [2.75, 3.05) is 46.4 Å². The van der Waals surface area contributed by atoms with Crippen molar-refractivity contribution < 1.29 is 4.74 Å². The molecule has 0 atom stereocenters. The summed E-state index contributed by atoms with van der Waals surface area (Å²) < 4.78 is 5.63. The van der Waals surface area contributed by atoms with Crippen LogP contribution in [0.2, 0.25) is 0 Å². The fraction of sp³-hybridized carbons (Fsp3) is 0.688. The quantitative estimate of drug-likeness (QED) is 0.807. The number of ether oxygens (including phenoxy) is 1. The summed E-state index contributed by atoms with van der Waals surface area (Å²) in [6.45, 7) is 11.0. The third kappa shape index (κ3) is 6.89. The minimum absolute atomic E-state index is 0.524. The Morgan fingerprint density at radius 3 is 2.48 bits per heavy atom. The monoisotopic (exact) mass is 294 g/mol. The Morgan fingerprint density at radius 2 is 1.90 bits per heavy atom. The van der Waals surface area contributed by atoms with Crippen LogP contribution in [0, 0.1) is 0 Å². The molecule has 2 rings (SSSR count). The Hall–Kier alpha value is -1.17. The van der Waals surface area contributed by atoms with Crippen LogP contribution in [0.25, 0.3) is 0 Å². The summed E-state index contributed by atoms with van der Waals surface area (Å²) in [5, 5.41) is 0. The lowest BCUT2D eigenvalue weighted by atomic mass is 10.3. The molecule has 1 aromatic heterocycles. The highest BCUT2D eigenvalue weighted by molar-refractivity contribution is 5.17. The summed E-state index contributed by atoms with van der Waals surface area (Å²) in [5.41, 5.74) is 6.56. The third-order valence-electron chi connectivity index (χ3n) is 3.50. The number of aromatic nitrogens is 1. The minimum Gasteiger partial charge on any atom is -0.478 e. The molecule has 1 saturated heterocycles. The van der Waals surface area contributed by atoms with Crippen LogP contribution < -0.4 is 10.5 Å². The SMILES string of the molecule is CC.CN1CCN(CCCOc2ccc(CN)cn2)CC1. The molecule has 2 N–H and O–H groups in total. The van der Waals surface area contributed by atoms with E-state index in [1.165, 1.54) is 26.2 Å². The first kappa shape index (κ1) is 17.9. The second-order valence-corrected chi connectivity index (χ2v) is 5.06. The molecule has 120 valence electrons. The Kier molecular flexibility index (Phi) is 8.98. The zero-order valence-electron chi connectivity index (χ0n) is 13.7. The largest absolute Gasteiger partial charge is 0.478 e. The maximum Gasteiger partial charge on any atom is 0.213 e.